The SMILES string of the molecule is CCC(C)NC(=O)c1cncc(C(=O)NCCc2ccc(OC)c(OC)c2)c1. The maximum Gasteiger partial charge on any atom is 0.253 e. The summed E-state index contributed by atoms with van der Waals surface area (Å²) < 4.78 is 10.5. The molecule has 1 atom stereocenters. The first-order chi connectivity index (χ1) is 13.5. The molecule has 0 fully saturated rings. The third-order valence-electron chi connectivity index (χ3n) is 4.40. The number of hydrogen-bond acceptors (Lipinski definition) is 5. The maximum absolute atomic E-state index is 12.4. The Bertz CT molecular complexity index is 823. The lowest BCUT2D eigenvalue weighted by molar-refractivity contribution is 0.0939. The second-order valence-electron chi connectivity index (χ2n) is 6.44. The largest absolute Gasteiger partial charge is 0.493 e. The van der Waals surface area contributed by atoms with Crippen LogP contribution in [0.4, 0.5) is 0 Å². The summed E-state index contributed by atoms with van der Waals surface area (Å²) in [4.78, 5) is 28.6. The zero-order valence-corrected chi connectivity index (χ0v) is 16.7. The average molecular weight is 385 g/mol. The van der Waals surface area contributed by atoms with Gasteiger partial charge in [-0.25, -0.2) is 0 Å². The predicted molar refractivity (Wildman–Crippen MR) is 107 cm³/mol. The van der Waals surface area contributed by atoms with Crippen LogP contribution in [0.15, 0.2) is 36.7 Å². The molecule has 0 aliphatic rings. The number of ether oxygens (including phenoxy) is 2. The van der Waals surface area contributed by atoms with Gasteiger partial charge in [-0.15, -0.1) is 0 Å². The summed E-state index contributed by atoms with van der Waals surface area (Å²) in [6, 6.07) is 7.25. The molecule has 0 saturated carbocycles. The van der Waals surface area contributed by atoms with Crippen LogP contribution in [0.2, 0.25) is 0 Å². The van der Waals surface area contributed by atoms with E-state index in [1.165, 1.54) is 12.4 Å². The number of carbonyl (C=O) groups excluding carboxylic acids is 2. The van der Waals surface area contributed by atoms with Gasteiger partial charge < -0.3 is 20.1 Å². The molecule has 1 aromatic heterocycles. The molecule has 0 spiro atoms. The molecule has 1 unspecified atom stereocenters. The standard InChI is InChI=1S/C21H27N3O4/c1-5-14(2)24-21(26)17-11-16(12-22-13-17)20(25)23-9-8-15-6-7-18(27-3)19(10-15)28-4/h6-7,10-14H,5,8-9H2,1-4H3,(H,23,25)(H,24,26). The van der Waals surface area contributed by atoms with Crippen LogP contribution < -0.4 is 20.1 Å². The van der Waals surface area contributed by atoms with Crippen molar-refractivity contribution < 1.29 is 19.1 Å². The molecule has 0 aliphatic carbocycles. The van der Waals surface area contributed by atoms with Gasteiger partial charge in [-0.1, -0.05) is 13.0 Å². The van der Waals surface area contributed by atoms with E-state index in [1.54, 1.807) is 20.3 Å². The number of nitrogens with zero attached hydrogens (tertiary/aromatic N) is 1. The molecule has 0 saturated heterocycles. The van der Waals surface area contributed by atoms with Crippen LogP contribution in [-0.4, -0.2) is 43.6 Å². The first-order valence-electron chi connectivity index (χ1n) is 9.23. The number of benzene rings is 1. The van der Waals surface area contributed by atoms with Gasteiger partial charge in [0.2, 0.25) is 0 Å². The topological polar surface area (TPSA) is 89.6 Å². The van der Waals surface area contributed by atoms with Crippen LogP contribution in [0.1, 0.15) is 46.5 Å². The quantitative estimate of drug-likeness (QED) is 0.693. The maximum atomic E-state index is 12.4. The molecule has 7 heteroatoms. The highest BCUT2D eigenvalue weighted by atomic mass is 16.5. The van der Waals surface area contributed by atoms with Crippen molar-refractivity contribution in [3.05, 3.63) is 53.3 Å². The summed E-state index contributed by atoms with van der Waals surface area (Å²) in [6.07, 6.45) is 4.37. The molecule has 2 amide bonds. The van der Waals surface area contributed by atoms with E-state index >= 15 is 0 Å². The van der Waals surface area contributed by atoms with Crippen LogP contribution in [0.3, 0.4) is 0 Å². The van der Waals surface area contributed by atoms with Crippen molar-refractivity contribution in [1.29, 1.82) is 0 Å². The zero-order chi connectivity index (χ0) is 20.5. The third-order valence-corrected chi connectivity index (χ3v) is 4.40. The molecule has 1 heterocycles. The molecular formula is C21H27N3O4. The number of hydrogen-bond donors (Lipinski definition) is 2. The minimum absolute atomic E-state index is 0.0615. The highest BCUT2D eigenvalue weighted by Gasteiger charge is 2.13. The summed E-state index contributed by atoms with van der Waals surface area (Å²) >= 11 is 0. The van der Waals surface area contributed by atoms with E-state index in [2.05, 4.69) is 15.6 Å². The van der Waals surface area contributed by atoms with Crippen LogP contribution in [0.5, 0.6) is 11.5 Å². The van der Waals surface area contributed by atoms with Gasteiger partial charge in [0.25, 0.3) is 11.8 Å². The van der Waals surface area contributed by atoms with Crippen molar-refractivity contribution in [3.8, 4) is 11.5 Å². The Morgan fingerprint density at radius 1 is 1.04 bits per heavy atom. The second-order valence-corrected chi connectivity index (χ2v) is 6.44. The fourth-order valence-electron chi connectivity index (χ4n) is 2.56. The lowest BCUT2D eigenvalue weighted by Crippen LogP contribution is -2.32. The molecule has 2 N–H and O–H groups in total. The van der Waals surface area contributed by atoms with Gasteiger partial charge >= 0.3 is 0 Å². The minimum Gasteiger partial charge on any atom is -0.493 e. The average Bonchev–Trinajstić information content (AvgIpc) is 2.73. The molecule has 7 nitrogen and oxygen atoms in total. The number of aromatic nitrogens is 1. The van der Waals surface area contributed by atoms with Crippen molar-refractivity contribution >= 4 is 11.8 Å². The Hall–Kier alpha value is -3.09. The van der Waals surface area contributed by atoms with E-state index < -0.39 is 0 Å². The van der Waals surface area contributed by atoms with E-state index in [4.69, 9.17) is 9.47 Å². The van der Waals surface area contributed by atoms with Gasteiger partial charge in [0.1, 0.15) is 0 Å². The van der Waals surface area contributed by atoms with Crippen LogP contribution in [0, 0.1) is 0 Å². The highest BCUT2D eigenvalue weighted by molar-refractivity contribution is 5.99. The summed E-state index contributed by atoms with van der Waals surface area (Å²) in [5.74, 6) is 0.803. The van der Waals surface area contributed by atoms with E-state index in [9.17, 15) is 9.59 Å². The second kappa shape index (κ2) is 10.3. The molecule has 150 valence electrons. The van der Waals surface area contributed by atoms with E-state index in [0.717, 1.165) is 12.0 Å². The minimum atomic E-state index is -0.272. The first kappa shape index (κ1) is 21.2. The molecule has 28 heavy (non-hydrogen) atoms. The molecular weight excluding hydrogens is 358 g/mol. The number of methoxy groups -OCH3 is 2. The lowest BCUT2D eigenvalue weighted by atomic mass is 10.1. The van der Waals surface area contributed by atoms with Gasteiger partial charge in [-0.3, -0.25) is 14.6 Å². The Morgan fingerprint density at radius 3 is 2.36 bits per heavy atom. The van der Waals surface area contributed by atoms with Gasteiger partial charge in [-0.05, 0) is 43.5 Å². The van der Waals surface area contributed by atoms with Gasteiger partial charge in [-0.2, -0.15) is 0 Å². The molecule has 0 aliphatic heterocycles. The van der Waals surface area contributed by atoms with Crippen LogP contribution in [0.25, 0.3) is 0 Å². The van der Waals surface area contributed by atoms with Crippen LogP contribution >= 0.6 is 0 Å². The summed E-state index contributed by atoms with van der Waals surface area (Å²) in [5, 5.41) is 5.71. The van der Waals surface area contributed by atoms with Crippen molar-refractivity contribution in [2.24, 2.45) is 0 Å². The van der Waals surface area contributed by atoms with Gasteiger partial charge in [0, 0.05) is 25.0 Å². The summed E-state index contributed by atoms with van der Waals surface area (Å²) in [5.41, 5.74) is 1.73. The lowest BCUT2D eigenvalue weighted by Gasteiger charge is -2.12. The molecule has 2 rings (SSSR count). The highest BCUT2D eigenvalue weighted by Crippen LogP contribution is 2.27. The number of carbonyl (C=O) groups is 2. The summed E-state index contributed by atoms with van der Waals surface area (Å²) in [7, 11) is 3.17. The fraction of sp³-hybridized carbons (Fsp3) is 0.381. The Labute approximate surface area is 165 Å². The normalized spacial score (nSPS) is 11.4. The van der Waals surface area contributed by atoms with E-state index in [1.807, 2.05) is 32.0 Å². The number of nitrogens with one attached hydrogen (secondary N) is 2. The Kier molecular flexibility index (Phi) is 7.80. The first-order valence-corrected chi connectivity index (χ1v) is 9.23. The zero-order valence-electron chi connectivity index (χ0n) is 16.7. The van der Waals surface area contributed by atoms with E-state index in [-0.39, 0.29) is 17.9 Å². The van der Waals surface area contributed by atoms with Crippen LogP contribution in [-0.2, 0) is 6.42 Å². The van der Waals surface area contributed by atoms with Crippen molar-refractivity contribution in [1.82, 2.24) is 15.6 Å². The summed E-state index contributed by atoms with van der Waals surface area (Å²) in [6.45, 7) is 4.36. The monoisotopic (exact) mass is 385 g/mol. The fourth-order valence-corrected chi connectivity index (χ4v) is 2.56. The number of pyridine rings is 1. The molecule has 2 aromatic rings. The van der Waals surface area contributed by atoms with Gasteiger partial charge in [0.05, 0.1) is 25.3 Å². The number of amides is 2. The van der Waals surface area contributed by atoms with Crippen molar-refractivity contribution in [3.63, 3.8) is 0 Å². The Morgan fingerprint density at radius 2 is 1.71 bits per heavy atom. The van der Waals surface area contributed by atoms with Gasteiger partial charge in [0.15, 0.2) is 11.5 Å². The number of rotatable bonds is 9. The smallest absolute Gasteiger partial charge is 0.253 e. The molecule has 1 aromatic carbocycles. The predicted octanol–water partition coefficient (Wildman–Crippen LogP) is 2.60. The van der Waals surface area contributed by atoms with Crippen molar-refractivity contribution in [2.45, 2.75) is 32.7 Å². The molecule has 0 bridgehead atoms. The third kappa shape index (κ3) is 5.70. The molecule has 0 radical (unpaired) electrons. The Balaban J connectivity index is 1.95. The van der Waals surface area contributed by atoms with Crippen molar-refractivity contribution in [2.75, 3.05) is 20.8 Å². The van der Waals surface area contributed by atoms with E-state index in [0.29, 0.717) is 35.6 Å².